The van der Waals surface area contributed by atoms with Gasteiger partial charge in [-0.3, -0.25) is 0 Å². The maximum absolute atomic E-state index is 13.2. The van der Waals surface area contributed by atoms with E-state index in [4.69, 9.17) is 5.11 Å². The Bertz CT molecular complexity index is 300. The predicted octanol–water partition coefficient (Wildman–Crippen LogP) is 1.58. The molecular formula is C7H8FNO3. The SMILES string of the molecule is CC(C)(F)c1conc1C(=O)O. The van der Waals surface area contributed by atoms with Gasteiger partial charge < -0.3 is 9.63 Å². The van der Waals surface area contributed by atoms with Gasteiger partial charge in [0.1, 0.15) is 11.9 Å². The number of hydrogen-bond acceptors (Lipinski definition) is 3. The van der Waals surface area contributed by atoms with E-state index < -0.39 is 11.6 Å². The molecule has 1 N–H and O–H groups in total. The van der Waals surface area contributed by atoms with Gasteiger partial charge in [-0.05, 0) is 13.8 Å². The Morgan fingerprint density at radius 1 is 1.75 bits per heavy atom. The summed E-state index contributed by atoms with van der Waals surface area (Å²) >= 11 is 0. The van der Waals surface area contributed by atoms with Crippen LogP contribution in [-0.2, 0) is 5.67 Å². The molecule has 66 valence electrons. The zero-order valence-corrected chi connectivity index (χ0v) is 6.67. The number of carbonyl (C=O) groups is 1. The lowest BCUT2D eigenvalue weighted by Gasteiger charge is -2.10. The summed E-state index contributed by atoms with van der Waals surface area (Å²) in [6.07, 6.45) is 1.00. The third kappa shape index (κ3) is 1.44. The predicted molar refractivity (Wildman–Crippen MR) is 37.6 cm³/mol. The molecular weight excluding hydrogens is 165 g/mol. The average Bonchev–Trinajstić information content (AvgIpc) is 2.30. The van der Waals surface area contributed by atoms with Crippen LogP contribution < -0.4 is 0 Å². The molecule has 0 saturated carbocycles. The summed E-state index contributed by atoms with van der Waals surface area (Å²) in [5.41, 5.74) is -2.16. The first-order valence-corrected chi connectivity index (χ1v) is 3.30. The van der Waals surface area contributed by atoms with Crippen LogP contribution in [0.1, 0.15) is 29.9 Å². The van der Waals surface area contributed by atoms with Gasteiger partial charge in [0, 0.05) is 0 Å². The highest BCUT2D eigenvalue weighted by Crippen LogP contribution is 2.26. The Labute approximate surface area is 68.0 Å². The molecule has 4 nitrogen and oxygen atoms in total. The molecule has 0 aliphatic rings. The highest BCUT2D eigenvalue weighted by molar-refractivity contribution is 5.87. The molecule has 1 aromatic heterocycles. The summed E-state index contributed by atoms with van der Waals surface area (Å²) in [5, 5.41) is 11.7. The summed E-state index contributed by atoms with van der Waals surface area (Å²) in [5.74, 6) is -1.29. The summed E-state index contributed by atoms with van der Waals surface area (Å²) in [4.78, 5) is 10.4. The van der Waals surface area contributed by atoms with Crippen molar-refractivity contribution in [2.24, 2.45) is 0 Å². The van der Waals surface area contributed by atoms with Gasteiger partial charge in [0.05, 0.1) is 5.56 Å². The molecule has 1 heterocycles. The lowest BCUT2D eigenvalue weighted by Crippen LogP contribution is -2.13. The second kappa shape index (κ2) is 2.58. The molecule has 0 radical (unpaired) electrons. The number of carboxylic acid groups (broad SMARTS) is 1. The van der Waals surface area contributed by atoms with Crippen molar-refractivity contribution in [3.05, 3.63) is 17.5 Å². The summed E-state index contributed by atoms with van der Waals surface area (Å²) in [6.45, 7) is 2.48. The molecule has 0 fully saturated rings. The van der Waals surface area contributed by atoms with Crippen molar-refractivity contribution in [1.29, 1.82) is 0 Å². The van der Waals surface area contributed by atoms with Gasteiger partial charge in [-0.2, -0.15) is 0 Å². The zero-order chi connectivity index (χ0) is 9.35. The van der Waals surface area contributed by atoms with E-state index >= 15 is 0 Å². The van der Waals surface area contributed by atoms with E-state index in [-0.39, 0.29) is 11.3 Å². The molecule has 5 heteroatoms. The van der Waals surface area contributed by atoms with Crippen molar-refractivity contribution in [1.82, 2.24) is 5.16 Å². The number of nitrogens with zero attached hydrogens (tertiary/aromatic N) is 1. The standard InChI is InChI=1S/C7H8FNO3/c1-7(2,8)4-3-12-9-5(4)6(10)11/h3H,1-2H3,(H,10,11). The van der Waals surface area contributed by atoms with Gasteiger partial charge in [-0.15, -0.1) is 0 Å². The fraction of sp³-hybridized carbons (Fsp3) is 0.429. The number of rotatable bonds is 2. The van der Waals surface area contributed by atoms with Crippen LogP contribution in [-0.4, -0.2) is 16.2 Å². The number of carboxylic acids is 1. The minimum atomic E-state index is -1.74. The molecule has 0 aliphatic heterocycles. The van der Waals surface area contributed by atoms with E-state index in [9.17, 15) is 9.18 Å². The van der Waals surface area contributed by atoms with Crippen LogP contribution in [0, 0.1) is 0 Å². The van der Waals surface area contributed by atoms with Crippen LogP contribution in [0.5, 0.6) is 0 Å². The second-order valence-corrected chi connectivity index (χ2v) is 2.85. The minimum Gasteiger partial charge on any atom is -0.476 e. The molecule has 1 rings (SSSR count). The van der Waals surface area contributed by atoms with Crippen molar-refractivity contribution < 1.29 is 18.8 Å². The monoisotopic (exact) mass is 173 g/mol. The Morgan fingerprint density at radius 3 is 2.67 bits per heavy atom. The third-order valence-electron chi connectivity index (χ3n) is 1.41. The van der Waals surface area contributed by atoms with Crippen LogP contribution in [0.15, 0.2) is 10.8 Å². The number of aromatic carboxylic acids is 1. The topological polar surface area (TPSA) is 63.3 Å². The molecule has 0 aliphatic carbocycles. The smallest absolute Gasteiger partial charge is 0.358 e. The molecule has 0 saturated heterocycles. The highest BCUT2D eigenvalue weighted by atomic mass is 19.1. The van der Waals surface area contributed by atoms with Crippen molar-refractivity contribution in [2.45, 2.75) is 19.5 Å². The Hall–Kier alpha value is -1.39. The quantitative estimate of drug-likeness (QED) is 0.737. The lowest BCUT2D eigenvalue weighted by molar-refractivity contribution is 0.0679. The van der Waals surface area contributed by atoms with Gasteiger partial charge in [-0.1, -0.05) is 5.16 Å². The van der Waals surface area contributed by atoms with Crippen molar-refractivity contribution >= 4 is 5.97 Å². The molecule has 1 aromatic rings. The summed E-state index contributed by atoms with van der Waals surface area (Å²) in [6, 6.07) is 0. The normalized spacial score (nSPS) is 11.6. The summed E-state index contributed by atoms with van der Waals surface area (Å²) in [7, 11) is 0. The maximum Gasteiger partial charge on any atom is 0.358 e. The van der Waals surface area contributed by atoms with Crippen LogP contribution >= 0.6 is 0 Å². The zero-order valence-electron chi connectivity index (χ0n) is 6.67. The first-order chi connectivity index (χ1) is 5.43. The van der Waals surface area contributed by atoms with Crippen molar-refractivity contribution in [2.75, 3.05) is 0 Å². The van der Waals surface area contributed by atoms with Crippen LogP contribution in [0.4, 0.5) is 4.39 Å². The fourth-order valence-corrected chi connectivity index (χ4v) is 0.813. The summed E-state index contributed by atoms with van der Waals surface area (Å²) < 4.78 is 17.6. The number of aromatic nitrogens is 1. The van der Waals surface area contributed by atoms with Crippen LogP contribution in [0.2, 0.25) is 0 Å². The third-order valence-corrected chi connectivity index (χ3v) is 1.41. The molecule has 0 atom stereocenters. The Kier molecular flexibility index (Phi) is 1.87. The number of halogens is 1. The Morgan fingerprint density at radius 2 is 2.33 bits per heavy atom. The first-order valence-electron chi connectivity index (χ1n) is 3.30. The van der Waals surface area contributed by atoms with Crippen LogP contribution in [0.25, 0.3) is 0 Å². The average molecular weight is 173 g/mol. The molecule has 0 bridgehead atoms. The maximum atomic E-state index is 13.2. The Balaban J connectivity index is 3.17. The molecule has 0 aromatic carbocycles. The van der Waals surface area contributed by atoms with Gasteiger partial charge in [0.25, 0.3) is 0 Å². The van der Waals surface area contributed by atoms with Gasteiger partial charge in [0.15, 0.2) is 5.69 Å². The molecule has 0 amide bonds. The van der Waals surface area contributed by atoms with E-state index in [0.717, 1.165) is 6.26 Å². The lowest BCUT2D eigenvalue weighted by atomic mass is 10.0. The minimum absolute atomic E-state index is 0.0463. The van der Waals surface area contributed by atoms with E-state index in [2.05, 4.69) is 9.68 Å². The van der Waals surface area contributed by atoms with E-state index in [1.54, 1.807) is 0 Å². The van der Waals surface area contributed by atoms with Gasteiger partial charge in [0.2, 0.25) is 0 Å². The fourth-order valence-electron chi connectivity index (χ4n) is 0.813. The highest BCUT2D eigenvalue weighted by Gasteiger charge is 2.29. The second-order valence-electron chi connectivity index (χ2n) is 2.85. The van der Waals surface area contributed by atoms with E-state index in [1.807, 2.05) is 0 Å². The molecule has 0 unspecified atom stereocenters. The molecule has 0 spiro atoms. The van der Waals surface area contributed by atoms with Gasteiger partial charge >= 0.3 is 5.97 Å². The van der Waals surface area contributed by atoms with E-state index in [0.29, 0.717) is 0 Å². The van der Waals surface area contributed by atoms with Gasteiger partial charge in [-0.25, -0.2) is 9.18 Å². The van der Waals surface area contributed by atoms with Crippen molar-refractivity contribution in [3.8, 4) is 0 Å². The number of alkyl halides is 1. The van der Waals surface area contributed by atoms with Crippen molar-refractivity contribution in [3.63, 3.8) is 0 Å². The first kappa shape index (κ1) is 8.70. The largest absolute Gasteiger partial charge is 0.476 e. The number of hydrogen-bond donors (Lipinski definition) is 1. The van der Waals surface area contributed by atoms with E-state index in [1.165, 1.54) is 13.8 Å². The van der Waals surface area contributed by atoms with Crippen LogP contribution in [0.3, 0.4) is 0 Å². The molecule has 12 heavy (non-hydrogen) atoms.